The van der Waals surface area contributed by atoms with Gasteiger partial charge in [0.15, 0.2) is 11.2 Å². The summed E-state index contributed by atoms with van der Waals surface area (Å²) >= 11 is 0. The molecule has 0 fully saturated rings. The second kappa shape index (κ2) is 22.2. The van der Waals surface area contributed by atoms with Crippen molar-refractivity contribution in [2.24, 2.45) is 0 Å². The van der Waals surface area contributed by atoms with E-state index in [1.807, 2.05) is 30.3 Å². The molecule has 0 radical (unpaired) electrons. The first kappa shape index (κ1) is 54.8. The number of fused-ring (bicyclic) bond motifs is 15. The Kier molecular flexibility index (Phi) is 12.7. The van der Waals surface area contributed by atoms with Crippen LogP contribution in [-0.2, 0) is 0 Å². The second-order valence-electron chi connectivity index (χ2n) is 24.8. The summed E-state index contributed by atoms with van der Waals surface area (Å²) in [6, 6.07) is 111. The van der Waals surface area contributed by atoms with Crippen molar-refractivity contribution in [3.05, 3.63) is 345 Å². The van der Waals surface area contributed by atoms with Crippen LogP contribution in [0.25, 0.3) is 154 Å². The number of hydrogen-bond donors (Lipinski definition) is 1. The van der Waals surface area contributed by atoms with Gasteiger partial charge < -0.3 is 28.0 Å². The van der Waals surface area contributed by atoms with Gasteiger partial charge in [0.05, 0.1) is 39.0 Å². The number of hydrogen-bond acceptors (Lipinski definition) is 4. The highest BCUT2D eigenvalue weighted by molar-refractivity contribution is 6.36. The molecule has 0 saturated carbocycles. The quantitative estimate of drug-likeness (QED) is 0.117. The van der Waals surface area contributed by atoms with E-state index in [4.69, 9.17) is 8.83 Å². The molecule has 0 bridgehead atoms. The molecule has 0 aliphatic heterocycles. The molecule has 0 amide bonds. The maximum atomic E-state index is 6.83. The first-order valence-corrected chi connectivity index (χ1v) is 32.7. The zero-order valence-corrected chi connectivity index (χ0v) is 52.1. The van der Waals surface area contributed by atoms with E-state index in [0.29, 0.717) is 0 Å². The smallest absolute Gasteiger partial charge is 0.159 e. The van der Waals surface area contributed by atoms with Crippen LogP contribution >= 0.6 is 0 Å². The highest BCUT2D eigenvalue weighted by Gasteiger charge is 2.30. The molecule has 19 rings (SSSR count). The molecule has 14 aromatic carbocycles. The van der Waals surface area contributed by atoms with E-state index in [-0.39, 0.29) is 0 Å². The fourth-order valence-corrected chi connectivity index (χ4v) is 15.3. The Morgan fingerprint density at radius 3 is 1.62 bits per heavy atom. The minimum absolute atomic E-state index is 0.807. The van der Waals surface area contributed by atoms with Crippen LogP contribution in [0.15, 0.2) is 349 Å². The van der Waals surface area contributed by atoms with E-state index >= 15 is 0 Å². The molecule has 6 heteroatoms. The van der Waals surface area contributed by atoms with Crippen molar-refractivity contribution in [3.63, 3.8) is 0 Å². The molecule has 0 aliphatic carbocycles. The fraction of sp³-hybridized carbons (Fsp3) is 0. The summed E-state index contributed by atoms with van der Waals surface area (Å²) in [5.41, 5.74) is 24.9. The molecule has 5 aromatic heterocycles. The number of para-hydroxylation sites is 6. The van der Waals surface area contributed by atoms with Gasteiger partial charge in [-0.2, -0.15) is 0 Å². The van der Waals surface area contributed by atoms with Crippen molar-refractivity contribution in [1.29, 1.82) is 0 Å². The molecule has 0 spiro atoms. The predicted molar refractivity (Wildman–Crippen MR) is 404 cm³/mol. The van der Waals surface area contributed by atoms with Crippen LogP contribution in [0.3, 0.4) is 0 Å². The molecule has 96 heavy (non-hydrogen) atoms. The summed E-state index contributed by atoms with van der Waals surface area (Å²) in [7, 11) is 0. The summed E-state index contributed by atoms with van der Waals surface area (Å²) in [6.07, 6.45) is 8.33. The van der Waals surface area contributed by atoms with Crippen LogP contribution in [0.5, 0.6) is 0 Å². The van der Waals surface area contributed by atoms with Crippen molar-refractivity contribution in [1.82, 2.24) is 9.38 Å². The summed E-state index contributed by atoms with van der Waals surface area (Å²) in [6.45, 7) is 4.45. The first-order valence-electron chi connectivity index (χ1n) is 32.7. The van der Waals surface area contributed by atoms with Crippen LogP contribution < -0.4 is 9.80 Å². The van der Waals surface area contributed by atoms with E-state index < -0.39 is 0 Å². The maximum Gasteiger partial charge on any atom is 0.159 e. The average Bonchev–Trinajstić information content (AvgIpc) is 1.50. The van der Waals surface area contributed by atoms with E-state index in [1.165, 1.54) is 32.8 Å². The summed E-state index contributed by atoms with van der Waals surface area (Å²) in [5, 5.41) is 11.3. The van der Waals surface area contributed by atoms with Gasteiger partial charge in [0.2, 0.25) is 0 Å². The normalized spacial score (nSPS) is 12.2. The van der Waals surface area contributed by atoms with E-state index in [2.05, 4.69) is 329 Å². The van der Waals surface area contributed by atoms with Gasteiger partial charge in [-0.05, 0) is 112 Å². The molecular weight excluding hydrogens is 1170 g/mol. The second-order valence-corrected chi connectivity index (χ2v) is 24.8. The lowest BCUT2D eigenvalue weighted by atomic mass is 9.89. The molecule has 6 nitrogen and oxygen atoms in total. The summed E-state index contributed by atoms with van der Waals surface area (Å²) < 4.78 is 16.2. The van der Waals surface area contributed by atoms with Crippen LogP contribution in [0, 0.1) is 0 Å². The Morgan fingerprint density at radius 2 is 0.917 bits per heavy atom. The molecule has 5 heterocycles. The molecular formula is C90H58N4O2. The van der Waals surface area contributed by atoms with Crippen molar-refractivity contribution >= 4 is 138 Å². The minimum Gasteiger partial charge on any atom is -0.454 e. The van der Waals surface area contributed by atoms with Gasteiger partial charge in [-0.25, -0.2) is 0 Å². The third-order valence-corrected chi connectivity index (χ3v) is 19.4. The van der Waals surface area contributed by atoms with Crippen LogP contribution in [0.1, 0.15) is 5.56 Å². The number of furan rings is 2. The number of H-pyrrole nitrogens is 1. The average molecular weight is 1230 g/mol. The lowest BCUT2D eigenvalue weighted by Gasteiger charge is -2.26. The van der Waals surface area contributed by atoms with Gasteiger partial charge in [-0.15, -0.1) is 0 Å². The highest BCUT2D eigenvalue weighted by atomic mass is 16.3. The third kappa shape index (κ3) is 8.59. The number of benzene rings is 14. The molecule has 1 N–H and O–H groups in total. The largest absolute Gasteiger partial charge is 0.454 e. The molecule has 450 valence electrons. The zero-order valence-electron chi connectivity index (χ0n) is 52.1. The number of aromatic nitrogens is 2. The van der Waals surface area contributed by atoms with Gasteiger partial charge in [0, 0.05) is 93.3 Å². The lowest BCUT2D eigenvalue weighted by Crippen LogP contribution is -2.15. The van der Waals surface area contributed by atoms with Crippen molar-refractivity contribution in [2.75, 3.05) is 9.80 Å². The highest BCUT2D eigenvalue weighted by Crippen LogP contribution is 2.54. The van der Waals surface area contributed by atoms with Crippen LogP contribution in [-0.4, -0.2) is 9.38 Å². The molecule has 0 atom stereocenters. The fourth-order valence-electron chi connectivity index (χ4n) is 15.3. The van der Waals surface area contributed by atoms with Gasteiger partial charge in [-0.1, -0.05) is 261 Å². The molecule has 19 aromatic rings. The Hall–Kier alpha value is -12.9. The minimum atomic E-state index is 0.807. The monoisotopic (exact) mass is 1230 g/mol. The SMILES string of the molecule is C=C/C(=C\C=C\c1ccccc1)N(c1ccc2c(c1)c1cccc3c4c(-c5ccccc5)c5[nH]c6c(-c7cccc(N(c8ccc(-c9ccccc9)cc8)c8cccc9c8oc8ccccc89)c7)cccc6c5c(-c5ccccc5)c4n2c13)c1cccc2c1oc1ccccc12. The Balaban J connectivity index is 0.844. The molecule has 0 aliphatic rings. The van der Waals surface area contributed by atoms with Crippen molar-refractivity contribution < 1.29 is 8.83 Å². The topological polar surface area (TPSA) is 53.0 Å². The van der Waals surface area contributed by atoms with Crippen molar-refractivity contribution in [2.45, 2.75) is 0 Å². The van der Waals surface area contributed by atoms with E-state index in [0.717, 1.165) is 155 Å². The number of allylic oxidation sites excluding steroid dienone is 3. The maximum absolute atomic E-state index is 6.83. The summed E-state index contributed by atoms with van der Waals surface area (Å²) in [4.78, 5) is 8.89. The number of nitrogens with zero attached hydrogens (tertiary/aromatic N) is 3. The lowest BCUT2D eigenvalue weighted by molar-refractivity contribution is 0.668. The number of rotatable bonds is 13. The summed E-state index contributed by atoms with van der Waals surface area (Å²) in [5.74, 6) is 0. The molecule has 0 unspecified atom stereocenters. The van der Waals surface area contributed by atoms with Gasteiger partial charge in [0.25, 0.3) is 0 Å². The number of nitrogens with one attached hydrogen (secondary N) is 1. The van der Waals surface area contributed by atoms with Crippen LogP contribution in [0.2, 0.25) is 0 Å². The Morgan fingerprint density at radius 1 is 0.375 bits per heavy atom. The first-order chi connectivity index (χ1) is 47.6. The Bertz CT molecular complexity index is 6330. The third-order valence-electron chi connectivity index (χ3n) is 19.4. The van der Waals surface area contributed by atoms with Gasteiger partial charge in [0.1, 0.15) is 11.2 Å². The standard InChI is InChI=1S/C90H58N4O2/c1-2-63(35-19-27-57-25-7-3-8-26-57)92(77-45-23-41-71-68-37-15-17-47-79(68)95-89(71)77)66-53-54-76-75(56-66)70-40-22-44-74-84-81(60-30-11-5-12-31-60)86-83(82(61-32-13-6-14-33-61)88(84)94(76)87(70)74)73-43-21-39-67(85(73)91-86)62-34-20-36-65(55-62)93(64-51-49-59(50-52-64)58-28-9-4-10-29-58)78-46-24-42-72-69-38-16-18-48-80(69)96-90(72)78/h2-56,91H,1H2/b27-19+,63-35+. The van der Waals surface area contributed by atoms with Crippen molar-refractivity contribution in [3.8, 4) is 44.5 Å². The van der Waals surface area contributed by atoms with Gasteiger partial charge in [-0.3, -0.25) is 0 Å². The zero-order chi connectivity index (χ0) is 63.4. The molecule has 0 saturated heterocycles. The van der Waals surface area contributed by atoms with Crippen LogP contribution in [0.4, 0.5) is 28.4 Å². The van der Waals surface area contributed by atoms with Gasteiger partial charge >= 0.3 is 0 Å². The Labute approximate surface area is 553 Å². The number of aromatic amines is 1. The predicted octanol–water partition coefficient (Wildman–Crippen LogP) is 25.3. The van der Waals surface area contributed by atoms with E-state index in [9.17, 15) is 0 Å². The van der Waals surface area contributed by atoms with E-state index in [1.54, 1.807) is 0 Å². The number of anilines is 5.